The van der Waals surface area contributed by atoms with Gasteiger partial charge in [0.25, 0.3) is 0 Å². The second-order valence-corrected chi connectivity index (χ2v) is 12.2. The lowest BCUT2D eigenvalue weighted by molar-refractivity contribution is -0.142. The zero-order valence-electron chi connectivity index (χ0n) is 22.4. The maximum atomic E-state index is 13.7. The van der Waals surface area contributed by atoms with Crippen LogP contribution in [-0.2, 0) is 9.59 Å². The molecule has 0 bridgehead atoms. The maximum Gasteiger partial charge on any atom is 0.242 e. The molecule has 1 aromatic carbocycles. The number of carbonyl (C=O) groups excluding carboxylic acids is 2. The van der Waals surface area contributed by atoms with E-state index in [1.807, 2.05) is 20.8 Å². The normalized spacial score (nSPS) is 26.2. The predicted molar refractivity (Wildman–Crippen MR) is 143 cm³/mol. The number of aryl methyl sites for hydroxylation is 1. The highest BCUT2D eigenvalue weighted by Crippen LogP contribution is 2.32. The molecule has 1 saturated carbocycles. The van der Waals surface area contributed by atoms with Crippen LogP contribution in [0.25, 0.3) is 0 Å². The summed E-state index contributed by atoms with van der Waals surface area (Å²) in [5, 5.41) is 16.9. The van der Waals surface area contributed by atoms with Gasteiger partial charge in [-0.15, -0.1) is 0 Å². The van der Waals surface area contributed by atoms with Crippen LogP contribution < -0.4 is 21.3 Å². The molecule has 8 heteroatoms. The zero-order chi connectivity index (χ0) is 26.0. The van der Waals surface area contributed by atoms with Crippen LogP contribution in [0.4, 0.5) is 5.69 Å². The number of nitrogens with two attached hydrogens (primary N) is 1. The number of aliphatic hydroxyl groups is 1. The van der Waals surface area contributed by atoms with Crippen molar-refractivity contribution in [2.75, 3.05) is 31.1 Å². The summed E-state index contributed by atoms with van der Waals surface area (Å²) in [6.07, 6.45) is 3.97. The molecule has 200 valence electrons. The van der Waals surface area contributed by atoms with E-state index in [2.05, 4.69) is 46.7 Å². The Kier molecular flexibility index (Phi) is 8.27. The van der Waals surface area contributed by atoms with Crippen molar-refractivity contribution in [2.45, 2.75) is 90.1 Å². The number of likely N-dealkylation sites (tertiary alicyclic amines) is 1. The van der Waals surface area contributed by atoms with Gasteiger partial charge in [0, 0.05) is 50.4 Å². The first-order valence-corrected chi connectivity index (χ1v) is 13.6. The largest absolute Gasteiger partial charge is 0.391 e. The molecule has 1 aliphatic carbocycles. The van der Waals surface area contributed by atoms with Crippen molar-refractivity contribution >= 4 is 17.5 Å². The smallest absolute Gasteiger partial charge is 0.242 e. The van der Waals surface area contributed by atoms with Crippen LogP contribution >= 0.6 is 0 Å². The zero-order valence-corrected chi connectivity index (χ0v) is 22.4. The maximum absolute atomic E-state index is 13.7. The number of hydrogen-bond acceptors (Lipinski definition) is 6. The van der Waals surface area contributed by atoms with Gasteiger partial charge in [-0.1, -0.05) is 38.5 Å². The fourth-order valence-corrected chi connectivity index (χ4v) is 5.64. The Balaban J connectivity index is 1.38. The van der Waals surface area contributed by atoms with E-state index < -0.39 is 18.2 Å². The van der Waals surface area contributed by atoms with Crippen molar-refractivity contribution in [3.8, 4) is 0 Å². The number of amides is 2. The molecule has 1 aromatic rings. The second kappa shape index (κ2) is 11.1. The third-order valence-electron chi connectivity index (χ3n) is 8.02. The Morgan fingerprint density at radius 1 is 1.17 bits per heavy atom. The predicted octanol–water partition coefficient (Wildman–Crippen LogP) is 1.78. The quantitative estimate of drug-likeness (QED) is 0.412. The first-order valence-electron chi connectivity index (χ1n) is 13.6. The molecule has 8 nitrogen and oxygen atoms in total. The fraction of sp³-hybridized carbons (Fsp3) is 0.714. The van der Waals surface area contributed by atoms with E-state index in [1.54, 1.807) is 4.90 Å². The molecular weight excluding hydrogens is 454 g/mol. The molecule has 36 heavy (non-hydrogen) atoms. The van der Waals surface area contributed by atoms with Gasteiger partial charge < -0.3 is 31.3 Å². The van der Waals surface area contributed by atoms with Crippen molar-refractivity contribution in [3.63, 3.8) is 0 Å². The molecule has 0 radical (unpaired) electrons. The van der Waals surface area contributed by atoms with Crippen molar-refractivity contribution in [1.82, 2.24) is 15.5 Å². The number of aliphatic hydroxyl groups excluding tert-OH is 1. The van der Waals surface area contributed by atoms with E-state index in [0.29, 0.717) is 19.0 Å². The molecule has 2 heterocycles. The van der Waals surface area contributed by atoms with Crippen LogP contribution in [0, 0.1) is 18.3 Å². The van der Waals surface area contributed by atoms with Gasteiger partial charge in [0.1, 0.15) is 6.04 Å². The number of anilines is 1. The Morgan fingerprint density at radius 2 is 1.86 bits per heavy atom. The molecule has 5 unspecified atom stereocenters. The van der Waals surface area contributed by atoms with Gasteiger partial charge in [-0.3, -0.25) is 9.59 Å². The summed E-state index contributed by atoms with van der Waals surface area (Å²) < 4.78 is 0. The molecule has 2 aliphatic heterocycles. The van der Waals surface area contributed by atoms with E-state index in [0.717, 1.165) is 32.2 Å². The minimum absolute atomic E-state index is 0.0359. The molecule has 3 fully saturated rings. The van der Waals surface area contributed by atoms with Gasteiger partial charge in [-0.25, -0.2) is 0 Å². The first-order chi connectivity index (χ1) is 17.0. The Morgan fingerprint density at radius 3 is 2.50 bits per heavy atom. The minimum Gasteiger partial charge on any atom is -0.391 e. The average Bonchev–Trinajstić information content (AvgIpc) is 3.44. The van der Waals surface area contributed by atoms with Gasteiger partial charge in [0.15, 0.2) is 0 Å². The van der Waals surface area contributed by atoms with Gasteiger partial charge >= 0.3 is 0 Å². The Hall–Kier alpha value is -2.16. The molecule has 5 atom stereocenters. The number of rotatable bonds is 9. The molecule has 2 saturated heterocycles. The van der Waals surface area contributed by atoms with Gasteiger partial charge in [-0.2, -0.15) is 0 Å². The third-order valence-corrected chi connectivity index (χ3v) is 8.02. The topological polar surface area (TPSA) is 111 Å². The lowest BCUT2D eigenvalue weighted by Crippen LogP contribution is -2.58. The lowest BCUT2D eigenvalue weighted by Gasteiger charge is -2.36. The number of nitrogens with zero attached hydrogens (tertiary/aromatic N) is 2. The van der Waals surface area contributed by atoms with Crippen molar-refractivity contribution in [3.05, 3.63) is 29.8 Å². The number of benzene rings is 1. The van der Waals surface area contributed by atoms with Crippen molar-refractivity contribution in [2.24, 2.45) is 17.1 Å². The SMILES string of the molecule is Cc1ccc(N2CCCC2CNC(=O)C2CC(O)CN2C(=O)C(NCC(N)C2CC2)C(C)(C)C)cc1. The van der Waals surface area contributed by atoms with Crippen molar-refractivity contribution < 1.29 is 14.7 Å². The standard InChI is InChI=1S/C28H45N5O3/c1-18-7-11-20(12-8-18)32-13-5-6-21(32)15-31-26(35)24-14-22(34)17-33(24)27(36)25(28(2,3)4)30-16-23(29)19-9-10-19/h7-8,11-12,19,21-25,30,34H,5-6,9-10,13-17,29H2,1-4H3,(H,31,35). The summed E-state index contributed by atoms with van der Waals surface area (Å²) in [6.45, 7) is 10.4. The monoisotopic (exact) mass is 499 g/mol. The minimum atomic E-state index is -0.699. The highest BCUT2D eigenvalue weighted by Gasteiger charge is 2.44. The Labute approximate surface area is 216 Å². The van der Waals surface area contributed by atoms with Gasteiger partial charge in [0.05, 0.1) is 12.1 Å². The van der Waals surface area contributed by atoms with E-state index in [-0.39, 0.29) is 42.3 Å². The van der Waals surface area contributed by atoms with E-state index in [4.69, 9.17) is 5.73 Å². The highest BCUT2D eigenvalue weighted by molar-refractivity contribution is 5.91. The summed E-state index contributed by atoms with van der Waals surface area (Å²) >= 11 is 0. The number of β-amino-alcohol motifs (C(OH)–C–C–N with tert-alkyl or cyclic N) is 1. The fourth-order valence-electron chi connectivity index (χ4n) is 5.64. The molecular formula is C28H45N5O3. The Bertz CT molecular complexity index is 911. The first kappa shape index (κ1) is 26.9. The van der Waals surface area contributed by atoms with E-state index in [1.165, 1.54) is 11.3 Å². The van der Waals surface area contributed by atoms with Gasteiger partial charge in [0.2, 0.25) is 11.8 Å². The molecule has 0 aromatic heterocycles. The van der Waals surface area contributed by atoms with E-state index >= 15 is 0 Å². The van der Waals surface area contributed by atoms with Crippen LogP contribution in [0.15, 0.2) is 24.3 Å². The van der Waals surface area contributed by atoms with Crippen LogP contribution in [0.5, 0.6) is 0 Å². The summed E-state index contributed by atoms with van der Waals surface area (Å²) in [7, 11) is 0. The van der Waals surface area contributed by atoms with E-state index in [9.17, 15) is 14.7 Å². The molecule has 5 N–H and O–H groups in total. The summed E-state index contributed by atoms with van der Waals surface area (Å²) in [5.74, 6) is 0.220. The lowest BCUT2D eigenvalue weighted by atomic mass is 9.85. The van der Waals surface area contributed by atoms with Crippen LogP contribution in [-0.4, -0.2) is 78.3 Å². The molecule has 2 amide bonds. The van der Waals surface area contributed by atoms with Crippen molar-refractivity contribution in [1.29, 1.82) is 0 Å². The highest BCUT2D eigenvalue weighted by atomic mass is 16.3. The average molecular weight is 500 g/mol. The number of nitrogens with one attached hydrogen (secondary N) is 2. The molecule has 4 rings (SSSR count). The van der Waals surface area contributed by atoms with Gasteiger partial charge in [-0.05, 0) is 56.1 Å². The van der Waals surface area contributed by atoms with Crippen LogP contribution in [0.2, 0.25) is 0 Å². The third kappa shape index (κ3) is 6.39. The number of hydrogen-bond donors (Lipinski definition) is 4. The summed E-state index contributed by atoms with van der Waals surface area (Å²) in [6, 6.07) is 7.62. The number of carbonyl (C=O) groups is 2. The summed E-state index contributed by atoms with van der Waals surface area (Å²) in [5.41, 5.74) is 8.33. The van der Waals surface area contributed by atoms with Crippen LogP contribution in [0.3, 0.4) is 0 Å². The van der Waals surface area contributed by atoms with Crippen LogP contribution in [0.1, 0.15) is 58.4 Å². The molecule has 3 aliphatic rings. The molecule has 0 spiro atoms. The summed E-state index contributed by atoms with van der Waals surface area (Å²) in [4.78, 5) is 30.9. The second-order valence-electron chi connectivity index (χ2n) is 12.2.